The summed E-state index contributed by atoms with van der Waals surface area (Å²) in [5, 5.41) is 12.6. The summed E-state index contributed by atoms with van der Waals surface area (Å²) in [6.45, 7) is 0.500. The highest BCUT2D eigenvalue weighted by molar-refractivity contribution is 6.31. The lowest BCUT2D eigenvalue weighted by atomic mass is 10.0. The van der Waals surface area contributed by atoms with Gasteiger partial charge in [-0.1, -0.05) is 11.6 Å². The largest absolute Gasteiger partial charge is 0.352 e. The van der Waals surface area contributed by atoms with Crippen molar-refractivity contribution in [1.82, 2.24) is 10.3 Å². The molecule has 0 radical (unpaired) electrons. The van der Waals surface area contributed by atoms with Crippen molar-refractivity contribution in [1.29, 1.82) is 0 Å². The van der Waals surface area contributed by atoms with E-state index in [1.807, 2.05) is 12.1 Å². The van der Waals surface area contributed by atoms with Crippen LogP contribution >= 0.6 is 11.6 Å². The van der Waals surface area contributed by atoms with E-state index in [1.54, 1.807) is 12.1 Å². The van der Waals surface area contributed by atoms with Gasteiger partial charge in [0, 0.05) is 47.8 Å². The molecule has 1 aromatic heterocycles. The highest BCUT2D eigenvalue weighted by Crippen LogP contribution is 2.40. The molecule has 26 heavy (non-hydrogen) atoms. The number of hydrogen-bond donors (Lipinski definition) is 1. The van der Waals surface area contributed by atoms with Gasteiger partial charge in [0.1, 0.15) is 0 Å². The lowest BCUT2D eigenvalue weighted by Gasteiger charge is -2.12. The third-order valence-corrected chi connectivity index (χ3v) is 5.13. The molecule has 2 aliphatic rings. The number of nitrogens with one attached hydrogen (secondary N) is 1. The lowest BCUT2D eigenvalue weighted by Crippen LogP contribution is -2.28. The predicted molar refractivity (Wildman–Crippen MR) is 101 cm³/mol. The number of halogens is 1. The maximum Gasteiger partial charge on any atom is 0.252 e. The van der Waals surface area contributed by atoms with E-state index in [0.29, 0.717) is 35.9 Å². The van der Waals surface area contributed by atoms with Gasteiger partial charge in [0.05, 0.1) is 11.1 Å². The summed E-state index contributed by atoms with van der Waals surface area (Å²) in [6.07, 6.45) is 9.61. The normalized spacial score (nSPS) is 17.1. The molecule has 5 nitrogen and oxygen atoms in total. The smallest absolute Gasteiger partial charge is 0.252 e. The second kappa shape index (κ2) is 6.69. The average molecular weight is 367 g/mol. The number of rotatable bonds is 7. The summed E-state index contributed by atoms with van der Waals surface area (Å²) in [7, 11) is 0. The van der Waals surface area contributed by atoms with Crippen molar-refractivity contribution in [2.45, 2.75) is 43.7 Å². The zero-order chi connectivity index (χ0) is 18.1. The molecule has 6 heteroatoms. The number of carbonyl (C=O) groups is 1. The Kier molecular flexibility index (Phi) is 4.37. The fourth-order valence-electron chi connectivity index (χ4n) is 3.13. The van der Waals surface area contributed by atoms with Crippen molar-refractivity contribution < 1.29 is 4.79 Å². The third-order valence-electron chi connectivity index (χ3n) is 4.89. The molecule has 1 N–H and O–H groups in total. The van der Waals surface area contributed by atoms with Gasteiger partial charge in [-0.2, -0.15) is 10.2 Å². The van der Waals surface area contributed by atoms with Crippen molar-refractivity contribution in [3.05, 3.63) is 40.5 Å². The van der Waals surface area contributed by atoms with Gasteiger partial charge in [-0.25, -0.2) is 0 Å². The molecule has 132 valence electrons. The minimum Gasteiger partial charge on any atom is -0.352 e. The molecule has 1 amide bonds. The Hall–Kier alpha value is -2.45. The second-order valence-corrected chi connectivity index (χ2v) is 7.36. The van der Waals surface area contributed by atoms with Crippen LogP contribution in [0.25, 0.3) is 10.9 Å². The van der Waals surface area contributed by atoms with E-state index in [-0.39, 0.29) is 11.6 Å². The van der Waals surface area contributed by atoms with Crippen molar-refractivity contribution >= 4 is 28.4 Å². The average Bonchev–Trinajstić information content (AvgIpc) is 3.54. The van der Waals surface area contributed by atoms with Crippen molar-refractivity contribution in [2.75, 3.05) is 6.54 Å². The van der Waals surface area contributed by atoms with E-state index >= 15 is 0 Å². The third kappa shape index (κ3) is 3.56. The van der Waals surface area contributed by atoms with E-state index in [0.717, 1.165) is 35.9 Å². The van der Waals surface area contributed by atoms with E-state index in [9.17, 15) is 4.79 Å². The van der Waals surface area contributed by atoms with E-state index in [4.69, 9.17) is 23.0 Å². The SMILES string of the molecule is C#CCCC1(CCNC(=O)c2cc(C3CC3)nc3ccc(Cl)cc23)N=N1. The molecule has 0 spiro atoms. The van der Waals surface area contributed by atoms with Crippen LogP contribution in [0.1, 0.15) is 54.1 Å². The second-order valence-electron chi connectivity index (χ2n) is 6.92. The van der Waals surface area contributed by atoms with Crippen LogP contribution in [0, 0.1) is 12.3 Å². The van der Waals surface area contributed by atoms with Crippen molar-refractivity contribution in [3.8, 4) is 12.3 Å². The summed E-state index contributed by atoms with van der Waals surface area (Å²) >= 11 is 6.13. The first-order valence-corrected chi connectivity index (χ1v) is 9.24. The Bertz CT molecular complexity index is 937. The number of carbonyl (C=O) groups excluding carboxylic acids is 1. The molecule has 2 aromatic rings. The Morgan fingerprint density at radius 3 is 2.81 bits per heavy atom. The number of nitrogens with zero attached hydrogens (tertiary/aromatic N) is 3. The molecule has 1 fully saturated rings. The van der Waals surface area contributed by atoms with Gasteiger partial charge in [0.15, 0.2) is 5.66 Å². The number of benzene rings is 1. The van der Waals surface area contributed by atoms with Gasteiger partial charge in [0.25, 0.3) is 5.91 Å². The van der Waals surface area contributed by atoms with Gasteiger partial charge in [-0.3, -0.25) is 9.78 Å². The Morgan fingerprint density at radius 1 is 1.31 bits per heavy atom. The summed E-state index contributed by atoms with van der Waals surface area (Å²) in [5.41, 5.74) is 2.04. The van der Waals surface area contributed by atoms with Crippen molar-refractivity contribution in [2.24, 2.45) is 10.2 Å². The van der Waals surface area contributed by atoms with Gasteiger partial charge >= 0.3 is 0 Å². The van der Waals surface area contributed by atoms with Crippen molar-refractivity contribution in [3.63, 3.8) is 0 Å². The van der Waals surface area contributed by atoms with Gasteiger partial charge in [-0.05, 0) is 37.1 Å². The van der Waals surface area contributed by atoms with E-state index in [1.165, 1.54) is 0 Å². The molecule has 0 atom stereocenters. The Morgan fingerprint density at radius 2 is 2.12 bits per heavy atom. The predicted octanol–water partition coefficient (Wildman–Crippen LogP) is 4.46. The zero-order valence-corrected chi connectivity index (χ0v) is 15.1. The summed E-state index contributed by atoms with van der Waals surface area (Å²) < 4.78 is 0. The fraction of sp³-hybridized carbons (Fsp3) is 0.400. The van der Waals surface area contributed by atoms with Crippen LogP contribution in [-0.2, 0) is 0 Å². The number of aromatic nitrogens is 1. The molecule has 4 rings (SSSR count). The number of terminal acetylenes is 1. The van der Waals surface area contributed by atoms with Crippen LogP contribution in [0.3, 0.4) is 0 Å². The fourth-order valence-corrected chi connectivity index (χ4v) is 3.31. The molecule has 2 heterocycles. The van der Waals surface area contributed by atoms with Crippen LogP contribution in [0.2, 0.25) is 5.02 Å². The molecular formula is C20H19ClN4O. The summed E-state index contributed by atoms with van der Waals surface area (Å²) in [5.74, 6) is 2.96. The molecular weight excluding hydrogens is 348 g/mol. The minimum atomic E-state index is -0.386. The minimum absolute atomic E-state index is 0.116. The number of pyridine rings is 1. The maximum absolute atomic E-state index is 12.8. The zero-order valence-electron chi connectivity index (χ0n) is 14.3. The summed E-state index contributed by atoms with van der Waals surface area (Å²) in [6, 6.07) is 7.39. The molecule has 0 unspecified atom stereocenters. The molecule has 1 aromatic carbocycles. The first-order valence-electron chi connectivity index (χ1n) is 8.86. The van der Waals surface area contributed by atoms with E-state index in [2.05, 4.69) is 21.5 Å². The Labute approximate surface area is 157 Å². The van der Waals surface area contributed by atoms with Crippen LogP contribution in [0.5, 0.6) is 0 Å². The van der Waals surface area contributed by atoms with Crippen LogP contribution in [0.4, 0.5) is 0 Å². The first kappa shape index (κ1) is 17.0. The number of amides is 1. The maximum atomic E-state index is 12.8. The molecule has 1 aliphatic carbocycles. The van der Waals surface area contributed by atoms with Crippen LogP contribution in [0.15, 0.2) is 34.5 Å². The number of fused-ring (bicyclic) bond motifs is 1. The molecule has 1 aliphatic heterocycles. The number of hydrogen-bond acceptors (Lipinski definition) is 4. The van der Waals surface area contributed by atoms with Crippen LogP contribution in [-0.4, -0.2) is 23.1 Å². The van der Waals surface area contributed by atoms with Crippen LogP contribution < -0.4 is 5.32 Å². The van der Waals surface area contributed by atoms with Gasteiger partial charge < -0.3 is 5.32 Å². The first-order chi connectivity index (χ1) is 12.6. The van der Waals surface area contributed by atoms with E-state index < -0.39 is 0 Å². The monoisotopic (exact) mass is 366 g/mol. The molecule has 1 saturated carbocycles. The quantitative estimate of drug-likeness (QED) is 0.735. The molecule has 0 saturated heterocycles. The Balaban J connectivity index is 1.50. The standard InChI is InChI=1S/C20H19ClN4O/c1-2-3-8-20(24-25-20)9-10-22-19(26)16-12-18(13-4-5-13)23-17-7-6-14(21)11-15(16)17/h1,6-7,11-13H,3-5,8-10H2,(H,22,26). The van der Waals surface area contributed by atoms with Gasteiger partial charge in [-0.15, -0.1) is 12.3 Å². The summed E-state index contributed by atoms with van der Waals surface area (Å²) in [4.78, 5) is 17.5. The highest BCUT2D eigenvalue weighted by Gasteiger charge is 2.38. The lowest BCUT2D eigenvalue weighted by molar-refractivity contribution is 0.0953. The highest BCUT2D eigenvalue weighted by atomic mass is 35.5. The molecule has 0 bridgehead atoms. The topological polar surface area (TPSA) is 66.7 Å². The van der Waals surface area contributed by atoms with Gasteiger partial charge in [0.2, 0.25) is 0 Å².